The molecule has 3 rings (SSSR count). The molecule has 0 aliphatic rings. The van der Waals surface area contributed by atoms with Gasteiger partial charge in [0.25, 0.3) is 8.32 Å². The summed E-state index contributed by atoms with van der Waals surface area (Å²) < 4.78 is 59.4. The zero-order valence-electron chi connectivity index (χ0n) is 21.5. The first-order chi connectivity index (χ1) is 17.7. The minimum atomic E-state index is -4.86. The Balaban J connectivity index is 1.76. The minimum Gasteiger partial charge on any atom is -0.404 e. The van der Waals surface area contributed by atoms with Gasteiger partial charge >= 0.3 is 6.18 Å². The van der Waals surface area contributed by atoms with Crippen LogP contribution in [0.5, 0.6) is 0 Å². The lowest BCUT2D eigenvalue weighted by Gasteiger charge is -2.44. The summed E-state index contributed by atoms with van der Waals surface area (Å²) in [5.41, 5.74) is -1.52. The molecule has 0 saturated heterocycles. The van der Waals surface area contributed by atoms with Gasteiger partial charge in [-0.25, -0.2) is 4.39 Å². The minimum absolute atomic E-state index is 0.0382. The third kappa shape index (κ3) is 6.86. The van der Waals surface area contributed by atoms with E-state index in [0.717, 1.165) is 16.4 Å². The topological polar surface area (TPSA) is 50.4 Å². The number of nitrogens with one attached hydrogen (secondary N) is 2. The van der Waals surface area contributed by atoms with Crippen molar-refractivity contribution in [1.29, 1.82) is 0 Å². The highest BCUT2D eigenvalue weighted by Gasteiger charge is 2.51. The predicted octanol–water partition coefficient (Wildman–Crippen LogP) is 6.01. The van der Waals surface area contributed by atoms with Gasteiger partial charge < -0.3 is 15.1 Å². The van der Waals surface area contributed by atoms with Gasteiger partial charge in [0.15, 0.2) is 5.11 Å². The first-order valence-electron chi connectivity index (χ1n) is 12.0. The maximum atomic E-state index is 13.6. The Morgan fingerprint density at radius 3 is 1.95 bits per heavy atom. The number of halogens is 4. The van der Waals surface area contributed by atoms with Crippen LogP contribution in [0.15, 0.2) is 78.9 Å². The Morgan fingerprint density at radius 2 is 1.47 bits per heavy atom. The molecule has 2 N–H and O–H groups in total. The summed E-state index contributed by atoms with van der Waals surface area (Å²) in [5, 5.41) is 6.64. The summed E-state index contributed by atoms with van der Waals surface area (Å²) in [4.78, 5) is 12.8. The van der Waals surface area contributed by atoms with Crippen LogP contribution in [0.2, 0.25) is 5.04 Å². The molecule has 3 aromatic rings. The molecule has 38 heavy (non-hydrogen) atoms. The number of rotatable bonds is 7. The van der Waals surface area contributed by atoms with Crippen molar-refractivity contribution in [3.63, 3.8) is 0 Å². The number of anilines is 1. The highest BCUT2D eigenvalue weighted by atomic mass is 32.1. The lowest BCUT2D eigenvalue weighted by molar-refractivity contribution is -0.140. The highest BCUT2D eigenvalue weighted by Crippen LogP contribution is 2.38. The van der Waals surface area contributed by atoms with Gasteiger partial charge in [-0.2, -0.15) is 13.2 Å². The average Bonchev–Trinajstić information content (AvgIpc) is 2.83. The first-order valence-corrected chi connectivity index (χ1v) is 14.3. The normalized spacial score (nSPS) is 13.1. The molecule has 0 aliphatic carbocycles. The molecule has 4 nitrogen and oxygen atoms in total. The van der Waals surface area contributed by atoms with Crippen molar-refractivity contribution in [1.82, 2.24) is 5.32 Å². The second-order valence-electron chi connectivity index (χ2n) is 9.99. The molecule has 3 aromatic carbocycles. The van der Waals surface area contributed by atoms with Crippen LogP contribution in [-0.2, 0) is 15.4 Å². The number of carbonyl (C=O) groups excluding carboxylic acids is 1. The van der Waals surface area contributed by atoms with E-state index in [1.807, 2.05) is 67.6 Å². The molecule has 0 heterocycles. The van der Waals surface area contributed by atoms with Gasteiger partial charge in [0.1, 0.15) is 5.82 Å². The van der Waals surface area contributed by atoms with Gasteiger partial charge in [0.05, 0.1) is 18.1 Å². The summed E-state index contributed by atoms with van der Waals surface area (Å²) in [5.74, 6) is -1.86. The molecular formula is C28H30F4N2O2SSi. The van der Waals surface area contributed by atoms with Gasteiger partial charge in [-0.15, -0.1) is 0 Å². The molecule has 0 unspecified atom stereocenters. The number of hydrogen-bond acceptors (Lipinski definition) is 3. The van der Waals surface area contributed by atoms with E-state index in [9.17, 15) is 22.4 Å². The van der Waals surface area contributed by atoms with E-state index in [0.29, 0.717) is 12.1 Å². The standard InChI is InChI=1S/C28H30F4N2O2SSi/c1-19(17-25(35)34-26(37)33-20-15-16-24(29)23(18-20)28(30,31)32)36-38(27(2,3)4,21-11-7-5-8-12-21)22-13-9-6-10-14-22/h5-16,18-19H,17H2,1-4H3,(H2,33,34,35,37)/t19-/m0/s1. The number of carbonyl (C=O) groups is 1. The molecule has 10 heteroatoms. The van der Waals surface area contributed by atoms with Crippen LogP contribution in [0.4, 0.5) is 23.2 Å². The van der Waals surface area contributed by atoms with E-state index in [1.165, 1.54) is 0 Å². The maximum absolute atomic E-state index is 13.6. The molecule has 1 amide bonds. The van der Waals surface area contributed by atoms with Gasteiger partial charge in [-0.3, -0.25) is 4.79 Å². The van der Waals surface area contributed by atoms with E-state index in [-0.39, 0.29) is 22.3 Å². The molecule has 0 radical (unpaired) electrons. The molecular weight excluding hydrogens is 532 g/mol. The van der Waals surface area contributed by atoms with Crippen LogP contribution < -0.4 is 21.0 Å². The largest absolute Gasteiger partial charge is 0.419 e. The predicted molar refractivity (Wildman–Crippen MR) is 149 cm³/mol. The summed E-state index contributed by atoms with van der Waals surface area (Å²) >= 11 is 5.11. The number of amides is 1. The Bertz CT molecular complexity index is 1230. The monoisotopic (exact) mass is 562 g/mol. The number of benzene rings is 3. The van der Waals surface area contributed by atoms with Crippen LogP contribution in [0, 0.1) is 5.82 Å². The fourth-order valence-electron chi connectivity index (χ4n) is 4.46. The molecule has 0 fully saturated rings. The Hall–Kier alpha value is -3.08. The molecule has 0 aromatic heterocycles. The summed E-state index contributed by atoms with van der Waals surface area (Å²) in [7, 11) is -2.88. The lowest BCUT2D eigenvalue weighted by Crippen LogP contribution is -2.67. The van der Waals surface area contributed by atoms with Crippen molar-refractivity contribution in [3.05, 3.63) is 90.2 Å². The Labute approximate surface area is 226 Å². The molecule has 0 saturated carbocycles. The first kappa shape index (κ1) is 29.5. The van der Waals surface area contributed by atoms with Crippen molar-refractivity contribution < 1.29 is 26.8 Å². The van der Waals surface area contributed by atoms with E-state index in [1.54, 1.807) is 0 Å². The third-order valence-electron chi connectivity index (χ3n) is 6.05. The van der Waals surface area contributed by atoms with Crippen LogP contribution in [0.1, 0.15) is 39.7 Å². The van der Waals surface area contributed by atoms with Crippen molar-refractivity contribution in [3.8, 4) is 0 Å². The van der Waals surface area contributed by atoms with Crippen LogP contribution in [0.3, 0.4) is 0 Å². The van der Waals surface area contributed by atoms with Gasteiger partial charge in [0, 0.05) is 5.69 Å². The number of alkyl halides is 3. The van der Waals surface area contributed by atoms with Crippen molar-refractivity contribution >= 4 is 47.6 Å². The third-order valence-corrected chi connectivity index (χ3v) is 11.4. The van der Waals surface area contributed by atoms with Crippen molar-refractivity contribution in [2.75, 3.05) is 5.32 Å². The quantitative estimate of drug-likeness (QED) is 0.210. The van der Waals surface area contributed by atoms with E-state index < -0.39 is 37.9 Å². The molecule has 0 spiro atoms. The molecule has 0 aliphatic heterocycles. The Morgan fingerprint density at radius 1 is 0.947 bits per heavy atom. The van der Waals surface area contributed by atoms with Crippen molar-refractivity contribution in [2.45, 2.75) is 51.4 Å². The van der Waals surface area contributed by atoms with Crippen LogP contribution in [-0.4, -0.2) is 25.4 Å². The van der Waals surface area contributed by atoms with E-state index in [4.69, 9.17) is 16.6 Å². The molecule has 0 bridgehead atoms. The zero-order valence-corrected chi connectivity index (χ0v) is 23.3. The summed E-state index contributed by atoms with van der Waals surface area (Å²) in [6.07, 6.45) is -5.41. The lowest BCUT2D eigenvalue weighted by atomic mass is 10.2. The molecule has 1 atom stereocenters. The number of hydrogen-bond donors (Lipinski definition) is 2. The van der Waals surface area contributed by atoms with Crippen LogP contribution in [0.25, 0.3) is 0 Å². The van der Waals surface area contributed by atoms with Gasteiger partial charge in [0.2, 0.25) is 5.91 Å². The fraction of sp³-hybridized carbons (Fsp3) is 0.286. The van der Waals surface area contributed by atoms with Gasteiger partial charge in [-0.1, -0.05) is 81.4 Å². The average molecular weight is 563 g/mol. The SMILES string of the molecule is C[C@@H](CC(=O)NC(=S)Nc1ccc(F)c(C(F)(F)F)c1)O[Si](c1ccccc1)(c1ccccc1)C(C)(C)C. The zero-order chi connectivity index (χ0) is 28.1. The number of thiocarbonyl (C=S) groups is 1. The fourth-order valence-corrected chi connectivity index (χ4v) is 9.39. The summed E-state index contributed by atoms with van der Waals surface area (Å²) in [6, 6.07) is 22.4. The second kappa shape index (κ2) is 11.8. The van der Waals surface area contributed by atoms with Crippen LogP contribution >= 0.6 is 12.2 Å². The maximum Gasteiger partial charge on any atom is 0.419 e. The van der Waals surface area contributed by atoms with E-state index >= 15 is 0 Å². The second-order valence-corrected chi connectivity index (χ2v) is 14.7. The summed E-state index contributed by atoms with van der Waals surface area (Å²) in [6.45, 7) is 8.19. The van der Waals surface area contributed by atoms with Crippen molar-refractivity contribution in [2.24, 2.45) is 0 Å². The van der Waals surface area contributed by atoms with E-state index in [2.05, 4.69) is 31.4 Å². The smallest absolute Gasteiger partial charge is 0.404 e. The van der Waals surface area contributed by atoms with Gasteiger partial charge in [-0.05, 0) is 52.8 Å². The highest BCUT2D eigenvalue weighted by molar-refractivity contribution is 7.80. The molecule has 202 valence electrons. The Kier molecular flexibility index (Phi) is 9.12.